The molecule has 8 nitrogen and oxygen atoms in total. The summed E-state index contributed by atoms with van der Waals surface area (Å²) in [5.41, 5.74) is 2.36. The number of phenols is 1. The first-order valence-corrected chi connectivity index (χ1v) is 10.7. The summed E-state index contributed by atoms with van der Waals surface area (Å²) < 4.78 is 5.23. The highest BCUT2D eigenvalue weighted by atomic mass is 16.6. The molecule has 0 heterocycles. The number of carbonyl (C=O) groups excluding carboxylic acids is 2. The molecule has 3 aromatic rings. The minimum Gasteiger partial charge on any atom is -0.508 e. The largest absolute Gasteiger partial charge is 0.508 e. The Morgan fingerprint density at radius 2 is 1.41 bits per heavy atom. The minimum absolute atomic E-state index is 0.0841. The van der Waals surface area contributed by atoms with Gasteiger partial charge in [-0.2, -0.15) is 0 Å². The van der Waals surface area contributed by atoms with Crippen molar-refractivity contribution < 1.29 is 29.3 Å². The third-order valence-electron chi connectivity index (χ3n) is 5.05. The molecule has 0 bridgehead atoms. The number of benzene rings is 3. The lowest BCUT2D eigenvalue weighted by Gasteiger charge is -2.25. The first-order chi connectivity index (χ1) is 16.4. The van der Waals surface area contributed by atoms with Crippen molar-refractivity contribution in [2.75, 3.05) is 6.54 Å². The maximum Gasteiger partial charge on any atom is 0.417 e. The lowest BCUT2D eigenvalue weighted by Crippen LogP contribution is -2.51. The van der Waals surface area contributed by atoms with Gasteiger partial charge in [-0.15, -0.1) is 0 Å². The molecule has 176 valence electrons. The number of phenolic OH excluding ortho intramolecular Hbond substituents is 1. The molecular weight excluding hydrogens is 436 g/mol. The monoisotopic (exact) mass is 462 g/mol. The van der Waals surface area contributed by atoms with Gasteiger partial charge in [0.2, 0.25) is 5.91 Å². The summed E-state index contributed by atoms with van der Waals surface area (Å²) in [6.45, 7) is -0.593. The van der Waals surface area contributed by atoms with E-state index >= 15 is 0 Å². The van der Waals surface area contributed by atoms with E-state index in [4.69, 9.17) is 4.74 Å². The lowest BCUT2D eigenvalue weighted by atomic mass is 10.0. The number of aliphatic carboxylic acids is 1. The molecule has 0 radical (unpaired) electrons. The fourth-order valence-corrected chi connectivity index (χ4v) is 3.30. The van der Waals surface area contributed by atoms with Gasteiger partial charge >= 0.3 is 12.1 Å². The van der Waals surface area contributed by atoms with E-state index in [2.05, 4.69) is 5.32 Å². The van der Waals surface area contributed by atoms with Crippen LogP contribution in [-0.2, 0) is 33.9 Å². The van der Waals surface area contributed by atoms with Crippen LogP contribution in [-0.4, -0.2) is 45.7 Å². The number of nitrogens with zero attached hydrogens (tertiary/aromatic N) is 1. The fraction of sp³-hybridized carbons (Fsp3) is 0.192. The van der Waals surface area contributed by atoms with Crippen molar-refractivity contribution in [2.45, 2.75) is 25.6 Å². The average molecular weight is 463 g/mol. The molecule has 0 spiro atoms. The summed E-state index contributed by atoms with van der Waals surface area (Å²) in [6.07, 6.45) is -0.859. The van der Waals surface area contributed by atoms with E-state index in [1.807, 2.05) is 36.4 Å². The molecule has 3 aromatic carbocycles. The first-order valence-electron chi connectivity index (χ1n) is 10.7. The standard InChI is InChI=1S/C26H26N2O6/c29-22-13-11-19(12-14-22)15-23(27-16-20-7-3-1-4-8-20)25(32)28(17-24(30)31)26(33)34-18-21-9-5-2-6-10-21/h1-14,23,27,29H,15-18H2,(H,30,31). The molecule has 0 aliphatic rings. The van der Waals surface area contributed by atoms with E-state index in [0.29, 0.717) is 17.0 Å². The van der Waals surface area contributed by atoms with Crippen LogP contribution in [0.4, 0.5) is 4.79 Å². The molecule has 0 saturated carbocycles. The van der Waals surface area contributed by atoms with Gasteiger partial charge in [0.15, 0.2) is 0 Å². The maximum atomic E-state index is 13.4. The Kier molecular flexibility index (Phi) is 8.76. The topological polar surface area (TPSA) is 116 Å². The zero-order chi connectivity index (χ0) is 24.3. The van der Waals surface area contributed by atoms with Crippen molar-refractivity contribution in [1.29, 1.82) is 0 Å². The predicted molar refractivity (Wildman–Crippen MR) is 125 cm³/mol. The summed E-state index contributed by atoms with van der Waals surface area (Å²) >= 11 is 0. The van der Waals surface area contributed by atoms with E-state index in [9.17, 15) is 24.6 Å². The molecule has 8 heteroatoms. The molecule has 1 atom stereocenters. The van der Waals surface area contributed by atoms with Crippen molar-refractivity contribution in [2.24, 2.45) is 0 Å². The summed E-state index contributed by atoms with van der Waals surface area (Å²) in [4.78, 5) is 38.1. The Hall–Kier alpha value is -4.17. The van der Waals surface area contributed by atoms with Crippen LogP contribution in [0.2, 0.25) is 0 Å². The number of carboxylic acids is 1. The molecule has 0 aliphatic carbocycles. The highest BCUT2D eigenvalue weighted by molar-refractivity contribution is 5.97. The van der Waals surface area contributed by atoms with Crippen LogP contribution < -0.4 is 5.32 Å². The van der Waals surface area contributed by atoms with Gasteiger partial charge in [0.05, 0.1) is 6.04 Å². The van der Waals surface area contributed by atoms with Crippen molar-refractivity contribution >= 4 is 18.0 Å². The number of carboxylic acid groups (broad SMARTS) is 1. The zero-order valence-electron chi connectivity index (χ0n) is 18.5. The lowest BCUT2D eigenvalue weighted by molar-refractivity contribution is -0.144. The van der Waals surface area contributed by atoms with Crippen molar-refractivity contribution in [1.82, 2.24) is 10.2 Å². The number of imide groups is 1. The molecule has 0 aromatic heterocycles. The molecule has 2 amide bonds. The average Bonchev–Trinajstić information content (AvgIpc) is 2.85. The van der Waals surface area contributed by atoms with E-state index < -0.39 is 30.6 Å². The van der Waals surface area contributed by atoms with Crippen LogP contribution in [0.25, 0.3) is 0 Å². The zero-order valence-corrected chi connectivity index (χ0v) is 18.5. The number of aromatic hydroxyl groups is 1. The SMILES string of the molecule is O=C(O)CN(C(=O)OCc1ccccc1)C(=O)C(Cc1ccc(O)cc1)NCc1ccccc1. The predicted octanol–water partition coefficient (Wildman–Crippen LogP) is 3.34. The van der Waals surface area contributed by atoms with Gasteiger partial charge in [-0.1, -0.05) is 72.8 Å². The smallest absolute Gasteiger partial charge is 0.417 e. The summed E-state index contributed by atoms with van der Waals surface area (Å²) in [5, 5.41) is 22.0. The number of amides is 2. The molecule has 3 N–H and O–H groups in total. The molecule has 3 rings (SSSR count). The second-order valence-electron chi connectivity index (χ2n) is 7.65. The first kappa shape index (κ1) is 24.5. The third-order valence-corrected chi connectivity index (χ3v) is 5.05. The fourth-order valence-electron chi connectivity index (χ4n) is 3.30. The van der Waals surface area contributed by atoms with Gasteiger partial charge in [-0.3, -0.25) is 9.59 Å². The molecule has 0 fully saturated rings. The number of carbonyl (C=O) groups is 3. The molecule has 1 unspecified atom stereocenters. The summed E-state index contributed by atoms with van der Waals surface area (Å²) in [6, 6.07) is 23.7. The van der Waals surface area contributed by atoms with Crippen molar-refractivity contribution in [3.05, 3.63) is 102 Å². The van der Waals surface area contributed by atoms with Crippen LogP contribution in [0.5, 0.6) is 5.75 Å². The third kappa shape index (κ3) is 7.46. The van der Waals surface area contributed by atoms with Crippen LogP contribution in [0.3, 0.4) is 0 Å². The second-order valence-corrected chi connectivity index (χ2v) is 7.65. The van der Waals surface area contributed by atoms with E-state index in [0.717, 1.165) is 11.1 Å². The molecule has 0 aliphatic heterocycles. The van der Waals surface area contributed by atoms with E-state index in [-0.39, 0.29) is 18.8 Å². The number of hydrogen-bond acceptors (Lipinski definition) is 6. The van der Waals surface area contributed by atoms with Gasteiger partial charge in [0.25, 0.3) is 0 Å². The van der Waals surface area contributed by atoms with Gasteiger partial charge in [0.1, 0.15) is 18.9 Å². The summed E-state index contributed by atoms with van der Waals surface area (Å²) in [7, 11) is 0. The normalized spacial score (nSPS) is 11.4. The van der Waals surface area contributed by atoms with Crippen molar-refractivity contribution in [3.8, 4) is 5.75 Å². The molecule has 34 heavy (non-hydrogen) atoms. The number of rotatable bonds is 10. The highest BCUT2D eigenvalue weighted by Crippen LogP contribution is 2.14. The molecule has 0 saturated heterocycles. The van der Waals surface area contributed by atoms with Crippen LogP contribution in [0.1, 0.15) is 16.7 Å². The van der Waals surface area contributed by atoms with Gasteiger partial charge in [-0.05, 0) is 35.2 Å². The van der Waals surface area contributed by atoms with Gasteiger partial charge in [-0.25, -0.2) is 9.69 Å². The Labute approximate surface area is 197 Å². The van der Waals surface area contributed by atoms with Crippen molar-refractivity contribution in [3.63, 3.8) is 0 Å². The number of ether oxygens (including phenoxy) is 1. The molecular formula is C26H26N2O6. The number of hydrogen-bond donors (Lipinski definition) is 3. The second kappa shape index (κ2) is 12.2. The Balaban J connectivity index is 1.78. The van der Waals surface area contributed by atoms with E-state index in [1.165, 1.54) is 12.1 Å². The minimum atomic E-state index is -1.34. The number of nitrogens with one attached hydrogen (secondary N) is 1. The van der Waals surface area contributed by atoms with E-state index in [1.54, 1.807) is 36.4 Å². The van der Waals surface area contributed by atoms with Crippen LogP contribution in [0, 0.1) is 0 Å². The van der Waals surface area contributed by atoms with Gasteiger partial charge < -0.3 is 20.3 Å². The maximum absolute atomic E-state index is 13.4. The highest BCUT2D eigenvalue weighted by Gasteiger charge is 2.31. The quantitative estimate of drug-likeness (QED) is 0.423. The Bertz CT molecular complexity index is 1090. The van der Waals surface area contributed by atoms with Crippen LogP contribution >= 0.6 is 0 Å². The Morgan fingerprint density at radius 3 is 2.00 bits per heavy atom. The van der Waals surface area contributed by atoms with Gasteiger partial charge in [0, 0.05) is 6.54 Å². The summed E-state index contributed by atoms with van der Waals surface area (Å²) in [5.74, 6) is -1.97. The Morgan fingerprint density at radius 1 is 0.824 bits per heavy atom. The van der Waals surface area contributed by atoms with Crippen LogP contribution in [0.15, 0.2) is 84.9 Å².